The predicted octanol–water partition coefficient (Wildman–Crippen LogP) is 4.68. The van der Waals surface area contributed by atoms with Gasteiger partial charge in [-0.3, -0.25) is 4.98 Å². The van der Waals surface area contributed by atoms with E-state index in [2.05, 4.69) is 10.3 Å². The summed E-state index contributed by atoms with van der Waals surface area (Å²) in [6, 6.07) is 6.18. The quantitative estimate of drug-likeness (QED) is 0.878. The topological polar surface area (TPSA) is 24.9 Å². The Morgan fingerprint density at radius 2 is 2.05 bits per heavy atom. The molecule has 106 valence electrons. The van der Waals surface area contributed by atoms with Gasteiger partial charge in [-0.2, -0.15) is 0 Å². The van der Waals surface area contributed by atoms with Gasteiger partial charge in [-0.05, 0) is 31.2 Å². The highest BCUT2D eigenvalue weighted by atomic mass is 35.5. The minimum Gasteiger partial charge on any atom is -0.311 e. The van der Waals surface area contributed by atoms with Crippen molar-refractivity contribution in [1.82, 2.24) is 10.3 Å². The van der Waals surface area contributed by atoms with Crippen LogP contribution in [0.2, 0.25) is 15.1 Å². The molecule has 20 heavy (non-hydrogen) atoms. The Morgan fingerprint density at radius 3 is 2.70 bits per heavy atom. The van der Waals surface area contributed by atoms with E-state index in [1.807, 2.05) is 0 Å². The number of hydrogen-bond donors (Lipinski definition) is 1. The van der Waals surface area contributed by atoms with Crippen LogP contribution in [0.1, 0.15) is 17.3 Å². The van der Waals surface area contributed by atoms with E-state index in [0.29, 0.717) is 27.7 Å². The molecule has 0 spiro atoms. The summed E-state index contributed by atoms with van der Waals surface area (Å²) in [7, 11) is 1.78. The second-order valence-electron chi connectivity index (χ2n) is 4.28. The molecule has 0 bridgehead atoms. The van der Waals surface area contributed by atoms with Crippen molar-refractivity contribution in [3.63, 3.8) is 0 Å². The van der Waals surface area contributed by atoms with Crippen LogP contribution in [0.25, 0.3) is 0 Å². The summed E-state index contributed by atoms with van der Waals surface area (Å²) in [5.74, 6) is -0.436. The van der Waals surface area contributed by atoms with E-state index in [-0.39, 0.29) is 11.1 Å². The van der Waals surface area contributed by atoms with Crippen molar-refractivity contribution in [3.05, 3.63) is 62.6 Å². The molecule has 6 heteroatoms. The lowest BCUT2D eigenvalue weighted by Crippen LogP contribution is -2.20. The molecule has 0 aliphatic rings. The number of rotatable bonds is 4. The van der Waals surface area contributed by atoms with Crippen LogP contribution in [0, 0.1) is 5.82 Å². The molecule has 0 aliphatic carbocycles. The van der Waals surface area contributed by atoms with Crippen molar-refractivity contribution in [2.45, 2.75) is 12.5 Å². The van der Waals surface area contributed by atoms with Crippen LogP contribution in [0.3, 0.4) is 0 Å². The first-order valence-electron chi connectivity index (χ1n) is 5.94. The molecule has 0 radical (unpaired) electrons. The maximum absolute atomic E-state index is 13.5. The van der Waals surface area contributed by atoms with E-state index in [0.717, 1.165) is 0 Å². The van der Waals surface area contributed by atoms with E-state index in [1.165, 1.54) is 12.3 Å². The highest BCUT2D eigenvalue weighted by Gasteiger charge is 2.18. The molecule has 0 amide bonds. The molecule has 2 nitrogen and oxygen atoms in total. The molecule has 0 fully saturated rings. The molecule has 1 N–H and O–H groups in total. The van der Waals surface area contributed by atoms with Crippen molar-refractivity contribution in [2.75, 3.05) is 7.05 Å². The van der Waals surface area contributed by atoms with Gasteiger partial charge in [0.25, 0.3) is 0 Å². The number of likely N-dealkylation sites (N-methyl/N-ethyl adjacent to an activating group) is 1. The van der Waals surface area contributed by atoms with Gasteiger partial charge in [0.2, 0.25) is 0 Å². The number of halogens is 4. The number of hydrogen-bond acceptors (Lipinski definition) is 2. The Kier molecular flexibility index (Phi) is 5.22. The Morgan fingerprint density at radius 1 is 1.30 bits per heavy atom. The van der Waals surface area contributed by atoms with E-state index < -0.39 is 5.82 Å². The van der Waals surface area contributed by atoms with E-state index in [1.54, 1.807) is 25.2 Å². The van der Waals surface area contributed by atoms with Gasteiger partial charge in [0, 0.05) is 6.20 Å². The van der Waals surface area contributed by atoms with Gasteiger partial charge in [0.05, 0.1) is 26.8 Å². The highest BCUT2D eigenvalue weighted by molar-refractivity contribution is 6.34. The normalized spacial score (nSPS) is 12.4. The third kappa shape index (κ3) is 3.41. The number of nitrogens with zero attached hydrogens (tertiary/aromatic N) is 1. The van der Waals surface area contributed by atoms with Gasteiger partial charge in [-0.15, -0.1) is 0 Å². The Labute approximate surface area is 131 Å². The van der Waals surface area contributed by atoms with Crippen LogP contribution < -0.4 is 5.32 Å². The van der Waals surface area contributed by atoms with E-state index in [4.69, 9.17) is 34.8 Å². The summed E-state index contributed by atoms with van der Waals surface area (Å²) in [6.07, 6.45) is 2.00. The van der Waals surface area contributed by atoms with Crippen LogP contribution >= 0.6 is 34.8 Å². The average Bonchev–Trinajstić information content (AvgIpc) is 2.41. The standard InChI is InChI=1S/C14H12Cl3FN2/c1-19-12(14-10(16)6-9(15)7-20-14)5-8-3-2-4-11(18)13(8)17/h2-4,6-7,12,19H,5H2,1H3. The third-order valence-electron chi connectivity index (χ3n) is 2.97. The highest BCUT2D eigenvalue weighted by Crippen LogP contribution is 2.29. The largest absolute Gasteiger partial charge is 0.311 e. The Bertz CT molecular complexity index is 619. The number of aromatic nitrogens is 1. The minimum absolute atomic E-state index is 0.123. The number of nitrogens with one attached hydrogen (secondary N) is 1. The Hall–Kier alpha value is -0.870. The maximum atomic E-state index is 13.5. The maximum Gasteiger partial charge on any atom is 0.142 e. The van der Waals surface area contributed by atoms with Crippen LogP contribution in [-0.4, -0.2) is 12.0 Å². The summed E-state index contributed by atoms with van der Waals surface area (Å²) >= 11 is 17.9. The third-order valence-corrected chi connectivity index (χ3v) is 3.90. The van der Waals surface area contributed by atoms with E-state index in [9.17, 15) is 4.39 Å². The lowest BCUT2D eigenvalue weighted by atomic mass is 10.0. The average molecular weight is 334 g/mol. The van der Waals surface area contributed by atoms with Crippen molar-refractivity contribution in [1.29, 1.82) is 0 Å². The molecule has 1 unspecified atom stereocenters. The molecule has 0 aliphatic heterocycles. The monoisotopic (exact) mass is 332 g/mol. The summed E-state index contributed by atoms with van der Waals surface area (Å²) in [6.45, 7) is 0. The summed E-state index contributed by atoms with van der Waals surface area (Å²) in [5.41, 5.74) is 1.35. The fourth-order valence-electron chi connectivity index (χ4n) is 1.94. The Balaban J connectivity index is 2.31. The molecule has 1 atom stereocenters. The van der Waals surface area contributed by atoms with Crippen LogP contribution in [0.4, 0.5) is 4.39 Å². The van der Waals surface area contributed by atoms with Gasteiger partial charge >= 0.3 is 0 Å². The smallest absolute Gasteiger partial charge is 0.142 e. The summed E-state index contributed by atoms with van der Waals surface area (Å²) in [5, 5.41) is 4.16. The van der Waals surface area contributed by atoms with Crippen molar-refractivity contribution < 1.29 is 4.39 Å². The molecule has 1 aromatic carbocycles. The lowest BCUT2D eigenvalue weighted by Gasteiger charge is -2.18. The van der Waals surface area contributed by atoms with E-state index >= 15 is 0 Å². The minimum atomic E-state index is -0.436. The first kappa shape index (κ1) is 15.5. The molecule has 0 saturated carbocycles. The van der Waals surface area contributed by atoms with Crippen molar-refractivity contribution in [3.8, 4) is 0 Å². The summed E-state index contributed by atoms with van der Waals surface area (Å²) < 4.78 is 13.5. The molecule has 1 aromatic heterocycles. The second-order valence-corrected chi connectivity index (χ2v) is 5.50. The molecule has 2 rings (SSSR count). The second kappa shape index (κ2) is 6.72. The molecule has 0 saturated heterocycles. The zero-order chi connectivity index (χ0) is 14.7. The lowest BCUT2D eigenvalue weighted by molar-refractivity contribution is 0.571. The molecule has 2 aromatic rings. The predicted molar refractivity (Wildman–Crippen MR) is 81.2 cm³/mol. The molecular weight excluding hydrogens is 322 g/mol. The van der Waals surface area contributed by atoms with Gasteiger partial charge in [-0.1, -0.05) is 46.9 Å². The van der Waals surface area contributed by atoms with Gasteiger partial charge in [0.15, 0.2) is 0 Å². The molecule has 1 heterocycles. The van der Waals surface area contributed by atoms with Gasteiger partial charge < -0.3 is 5.32 Å². The van der Waals surface area contributed by atoms with Crippen LogP contribution in [0.15, 0.2) is 30.5 Å². The number of pyridine rings is 1. The van der Waals surface area contributed by atoms with Crippen molar-refractivity contribution in [2.24, 2.45) is 0 Å². The van der Waals surface area contributed by atoms with Gasteiger partial charge in [-0.25, -0.2) is 4.39 Å². The fourth-order valence-corrected chi connectivity index (χ4v) is 2.66. The van der Waals surface area contributed by atoms with Gasteiger partial charge in [0.1, 0.15) is 5.82 Å². The number of benzene rings is 1. The zero-order valence-electron chi connectivity index (χ0n) is 10.6. The first-order chi connectivity index (χ1) is 9.52. The fraction of sp³-hybridized carbons (Fsp3) is 0.214. The zero-order valence-corrected chi connectivity index (χ0v) is 12.9. The van der Waals surface area contributed by atoms with Crippen LogP contribution in [0.5, 0.6) is 0 Å². The van der Waals surface area contributed by atoms with Crippen LogP contribution in [-0.2, 0) is 6.42 Å². The van der Waals surface area contributed by atoms with Crippen molar-refractivity contribution >= 4 is 34.8 Å². The first-order valence-corrected chi connectivity index (χ1v) is 7.07. The SMILES string of the molecule is CNC(Cc1cccc(F)c1Cl)c1ncc(Cl)cc1Cl. The summed E-state index contributed by atoms with van der Waals surface area (Å²) in [4.78, 5) is 4.23. The molecular formula is C14H12Cl3FN2.